The van der Waals surface area contributed by atoms with Crippen molar-refractivity contribution in [3.05, 3.63) is 60.2 Å². The first-order valence-corrected chi connectivity index (χ1v) is 9.44. The van der Waals surface area contributed by atoms with Crippen LogP contribution < -0.4 is 0 Å². The van der Waals surface area contributed by atoms with E-state index in [4.69, 9.17) is 11.6 Å². The van der Waals surface area contributed by atoms with E-state index < -0.39 is 5.60 Å². The average molecular weight is 407 g/mol. The number of hydrogen-bond acceptors (Lipinski definition) is 5. The Labute approximate surface area is 171 Å². The molecular weight excluding hydrogens is 380 g/mol. The van der Waals surface area contributed by atoms with Gasteiger partial charge in [-0.25, -0.2) is 9.98 Å². The lowest BCUT2D eigenvalue weighted by molar-refractivity contribution is -0.0796. The Morgan fingerprint density at radius 2 is 2.00 bits per heavy atom. The maximum atomic E-state index is 11.1. The number of isothiocyanates is 1. The summed E-state index contributed by atoms with van der Waals surface area (Å²) in [5, 5.41) is 18.2. The highest BCUT2D eigenvalue weighted by molar-refractivity contribution is 7.78. The van der Waals surface area contributed by atoms with Crippen LogP contribution in [0.25, 0.3) is 0 Å². The van der Waals surface area contributed by atoms with Gasteiger partial charge in [-0.05, 0) is 48.2 Å². The smallest absolute Gasteiger partial charge is 0.137 e. The Morgan fingerprint density at radius 1 is 1.33 bits per heavy atom. The molecule has 1 atom stereocenters. The summed E-state index contributed by atoms with van der Waals surface area (Å²) >= 11 is 10.2. The molecular formula is C20H27ClN4OS. The Bertz CT molecular complexity index is 734. The van der Waals surface area contributed by atoms with E-state index in [9.17, 15) is 5.11 Å². The number of rotatable bonds is 7. The van der Waals surface area contributed by atoms with E-state index in [1.54, 1.807) is 17.1 Å². The molecule has 0 aliphatic rings. The van der Waals surface area contributed by atoms with Gasteiger partial charge in [0.1, 0.15) is 12.7 Å². The standard InChI is InChI=1S/C16H22ClN3O.C4H5NS/c1-15(2,3)16(21,10-20-12-18-11-19-20)9-8-13-4-6-14(17)7-5-13;1-2-3-5-4-6/h4-7,11-12,21H,8-10H2,1-3H3;2H,1,3H2. The van der Waals surface area contributed by atoms with Gasteiger partial charge in [-0.15, -0.1) is 6.58 Å². The lowest BCUT2D eigenvalue weighted by Gasteiger charge is -2.40. The molecule has 146 valence electrons. The van der Waals surface area contributed by atoms with Gasteiger partial charge in [-0.1, -0.05) is 50.6 Å². The summed E-state index contributed by atoms with van der Waals surface area (Å²) < 4.78 is 1.69. The molecule has 0 amide bonds. The second-order valence-corrected chi connectivity index (χ2v) is 7.84. The van der Waals surface area contributed by atoms with Crippen LogP contribution in [-0.4, -0.2) is 37.2 Å². The lowest BCUT2D eigenvalue weighted by atomic mass is 9.73. The van der Waals surface area contributed by atoms with Crippen LogP contribution in [0.1, 0.15) is 32.8 Å². The van der Waals surface area contributed by atoms with Crippen molar-refractivity contribution in [2.24, 2.45) is 10.4 Å². The molecule has 1 unspecified atom stereocenters. The molecule has 7 heteroatoms. The second kappa shape index (κ2) is 11.1. The number of thiocarbonyl (C=S) groups is 1. The molecule has 1 aromatic carbocycles. The third kappa shape index (κ3) is 8.14. The third-order valence-corrected chi connectivity index (χ3v) is 4.69. The van der Waals surface area contributed by atoms with E-state index in [1.165, 1.54) is 11.9 Å². The van der Waals surface area contributed by atoms with Crippen LogP contribution in [0.2, 0.25) is 5.02 Å². The molecule has 0 saturated heterocycles. The predicted molar refractivity (Wildman–Crippen MR) is 114 cm³/mol. The molecule has 0 spiro atoms. The number of hydrogen-bond donors (Lipinski definition) is 1. The number of halogens is 1. The zero-order chi connectivity index (χ0) is 20.3. The number of aromatic nitrogens is 3. The van der Waals surface area contributed by atoms with Crippen molar-refractivity contribution in [1.29, 1.82) is 0 Å². The van der Waals surface area contributed by atoms with Crippen molar-refractivity contribution in [3.8, 4) is 0 Å². The van der Waals surface area contributed by atoms with Crippen LogP contribution in [0, 0.1) is 5.41 Å². The Morgan fingerprint density at radius 3 is 2.44 bits per heavy atom. The normalized spacial score (nSPS) is 12.9. The molecule has 5 nitrogen and oxygen atoms in total. The summed E-state index contributed by atoms with van der Waals surface area (Å²) in [7, 11) is 0. The van der Waals surface area contributed by atoms with Crippen molar-refractivity contribution < 1.29 is 5.11 Å². The van der Waals surface area contributed by atoms with Crippen LogP contribution >= 0.6 is 23.8 Å². The van der Waals surface area contributed by atoms with E-state index in [-0.39, 0.29) is 5.41 Å². The van der Waals surface area contributed by atoms with Gasteiger partial charge in [0.2, 0.25) is 0 Å². The van der Waals surface area contributed by atoms with Crippen molar-refractivity contribution in [3.63, 3.8) is 0 Å². The fourth-order valence-corrected chi connectivity index (χ4v) is 2.58. The van der Waals surface area contributed by atoms with Gasteiger partial charge in [0.25, 0.3) is 0 Å². The van der Waals surface area contributed by atoms with Crippen LogP contribution in [-0.2, 0) is 13.0 Å². The lowest BCUT2D eigenvalue weighted by Crippen LogP contribution is -2.47. The minimum absolute atomic E-state index is 0.259. The van der Waals surface area contributed by atoms with Gasteiger partial charge in [-0.2, -0.15) is 5.10 Å². The molecule has 0 fully saturated rings. The van der Waals surface area contributed by atoms with Crippen LogP contribution in [0.3, 0.4) is 0 Å². The molecule has 1 heterocycles. The molecule has 1 aromatic heterocycles. The van der Waals surface area contributed by atoms with E-state index in [2.05, 4.69) is 39.0 Å². The molecule has 2 aromatic rings. The Kier molecular flexibility index (Phi) is 9.53. The minimum atomic E-state index is -0.861. The molecule has 27 heavy (non-hydrogen) atoms. The van der Waals surface area contributed by atoms with E-state index >= 15 is 0 Å². The number of nitrogens with zero attached hydrogens (tertiary/aromatic N) is 4. The highest BCUT2D eigenvalue weighted by atomic mass is 35.5. The van der Waals surface area contributed by atoms with Crippen LogP contribution in [0.5, 0.6) is 0 Å². The average Bonchev–Trinajstić information content (AvgIpc) is 3.12. The number of benzene rings is 1. The molecule has 0 aliphatic heterocycles. The van der Waals surface area contributed by atoms with Gasteiger partial charge in [-0.3, -0.25) is 4.68 Å². The van der Waals surface area contributed by atoms with E-state index in [0.717, 1.165) is 11.4 Å². The third-order valence-electron chi connectivity index (χ3n) is 4.31. The summed E-state index contributed by atoms with van der Waals surface area (Å²) in [5.74, 6) is 0. The number of aryl methyl sites for hydroxylation is 1. The topological polar surface area (TPSA) is 63.3 Å². The highest BCUT2D eigenvalue weighted by Gasteiger charge is 2.40. The summed E-state index contributed by atoms with van der Waals surface area (Å²) in [4.78, 5) is 7.48. The maximum absolute atomic E-state index is 11.1. The highest BCUT2D eigenvalue weighted by Crippen LogP contribution is 2.35. The van der Waals surface area contributed by atoms with Crippen molar-refractivity contribution in [2.75, 3.05) is 6.54 Å². The molecule has 0 bridgehead atoms. The summed E-state index contributed by atoms with van der Waals surface area (Å²) in [6.07, 6.45) is 6.23. The molecule has 1 N–H and O–H groups in total. The summed E-state index contributed by atoms with van der Waals surface area (Å²) in [6.45, 7) is 10.6. The SMILES string of the molecule is C=CCN=C=S.CC(C)(C)C(O)(CCc1ccc(Cl)cc1)Cn1cncn1. The van der Waals surface area contributed by atoms with Crippen molar-refractivity contribution in [2.45, 2.75) is 45.8 Å². The molecule has 2 rings (SSSR count). The van der Waals surface area contributed by atoms with Crippen molar-refractivity contribution in [1.82, 2.24) is 14.8 Å². The van der Waals surface area contributed by atoms with Gasteiger partial charge in [0.15, 0.2) is 0 Å². The quantitative estimate of drug-likeness (QED) is 0.414. The predicted octanol–water partition coefficient (Wildman–Crippen LogP) is 4.62. The zero-order valence-corrected chi connectivity index (χ0v) is 17.7. The Balaban J connectivity index is 0.000000527. The molecule has 0 aliphatic carbocycles. The summed E-state index contributed by atoms with van der Waals surface area (Å²) in [6, 6.07) is 7.76. The number of aliphatic imine (C=N–C) groups is 1. The van der Waals surface area contributed by atoms with Crippen LogP contribution in [0.15, 0.2) is 54.6 Å². The van der Waals surface area contributed by atoms with Gasteiger partial charge >= 0.3 is 0 Å². The number of aliphatic hydroxyl groups is 1. The van der Waals surface area contributed by atoms with Gasteiger partial charge in [0, 0.05) is 5.02 Å². The monoisotopic (exact) mass is 406 g/mol. The first kappa shape index (κ1) is 23.2. The Hall–Kier alpha value is -1.85. The largest absolute Gasteiger partial charge is 0.387 e. The summed E-state index contributed by atoms with van der Waals surface area (Å²) in [5.41, 5.74) is 0.0479. The minimum Gasteiger partial charge on any atom is -0.387 e. The zero-order valence-electron chi connectivity index (χ0n) is 16.1. The second-order valence-electron chi connectivity index (χ2n) is 7.22. The molecule has 0 radical (unpaired) electrons. The van der Waals surface area contributed by atoms with Gasteiger partial charge < -0.3 is 5.11 Å². The van der Waals surface area contributed by atoms with E-state index in [1.807, 2.05) is 45.0 Å². The van der Waals surface area contributed by atoms with Crippen molar-refractivity contribution >= 4 is 29.0 Å². The van der Waals surface area contributed by atoms with Crippen LogP contribution in [0.4, 0.5) is 0 Å². The maximum Gasteiger partial charge on any atom is 0.137 e. The first-order valence-electron chi connectivity index (χ1n) is 8.65. The fourth-order valence-electron chi connectivity index (χ4n) is 2.38. The fraction of sp³-hybridized carbons (Fsp3) is 0.450. The van der Waals surface area contributed by atoms with E-state index in [0.29, 0.717) is 19.5 Å². The first-order chi connectivity index (χ1) is 12.7. The molecule has 0 saturated carbocycles. The van der Waals surface area contributed by atoms with Gasteiger partial charge in [0.05, 0.1) is 23.9 Å².